The summed E-state index contributed by atoms with van der Waals surface area (Å²) in [6.45, 7) is 0.994. The van der Waals surface area contributed by atoms with Gasteiger partial charge in [0.2, 0.25) is 0 Å². The summed E-state index contributed by atoms with van der Waals surface area (Å²) in [5, 5.41) is 2.85. The monoisotopic (exact) mass is 208 g/mol. The van der Waals surface area contributed by atoms with Gasteiger partial charge in [0.1, 0.15) is 0 Å². The van der Waals surface area contributed by atoms with Crippen molar-refractivity contribution in [3.63, 3.8) is 0 Å². The van der Waals surface area contributed by atoms with E-state index in [4.69, 9.17) is 0 Å². The van der Waals surface area contributed by atoms with Gasteiger partial charge in [0, 0.05) is 41.2 Å². The molecular formula is C7H13FN2O2S. The van der Waals surface area contributed by atoms with Gasteiger partial charge in [-0.2, -0.15) is 4.36 Å². The van der Waals surface area contributed by atoms with E-state index in [0.717, 1.165) is 0 Å². The number of hydrogen-bond acceptors (Lipinski definition) is 3. The van der Waals surface area contributed by atoms with Crippen molar-refractivity contribution in [3.8, 4) is 0 Å². The van der Waals surface area contributed by atoms with E-state index in [-0.39, 0.29) is 5.92 Å². The van der Waals surface area contributed by atoms with Crippen LogP contribution in [0.3, 0.4) is 0 Å². The highest BCUT2D eigenvalue weighted by molar-refractivity contribution is 7.92. The molecule has 1 saturated heterocycles. The van der Waals surface area contributed by atoms with E-state index in [1.54, 1.807) is 0 Å². The van der Waals surface area contributed by atoms with Crippen LogP contribution in [0.4, 0.5) is 4.39 Å². The molecule has 0 aromatic heterocycles. The normalized spacial score (nSPS) is 20.5. The molecule has 76 valence electrons. The van der Waals surface area contributed by atoms with Gasteiger partial charge in [-0.3, -0.25) is 4.79 Å². The quantitative estimate of drug-likeness (QED) is 0.683. The molecule has 0 aromatic carbocycles. The van der Waals surface area contributed by atoms with Crippen molar-refractivity contribution in [1.29, 1.82) is 0 Å². The molecule has 6 heteroatoms. The van der Waals surface area contributed by atoms with Gasteiger partial charge >= 0.3 is 0 Å². The van der Waals surface area contributed by atoms with Gasteiger partial charge in [-0.25, -0.2) is 8.60 Å². The van der Waals surface area contributed by atoms with Crippen molar-refractivity contribution in [3.05, 3.63) is 0 Å². The summed E-state index contributed by atoms with van der Waals surface area (Å²) in [4.78, 5) is 11.0. The van der Waals surface area contributed by atoms with Crippen molar-refractivity contribution in [2.45, 2.75) is 6.17 Å². The Bertz CT molecular complexity index is 310. The summed E-state index contributed by atoms with van der Waals surface area (Å²) in [6.07, 6.45) is 1.04. The Morgan fingerprint density at radius 2 is 2.15 bits per heavy atom. The standard InChI is InChI=1S/C7H13FN2O2S/c1-13(2,12)10-7(11)6(8)5-3-9-4-5/h5-6,9H,3-4H2,1-2H3. The maximum absolute atomic E-state index is 13.2. The minimum atomic E-state index is -2.52. The first-order valence-corrected chi connectivity index (χ1v) is 6.29. The first-order valence-electron chi connectivity index (χ1n) is 3.96. The number of carbonyl (C=O) groups excluding carboxylic acids is 1. The highest BCUT2D eigenvalue weighted by Crippen LogP contribution is 2.14. The van der Waals surface area contributed by atoms with Crippen LogP contribution >= 0.6 is 0 Å². The lowest BCUT2D eigenvalue weighted by Gasteiger charge is -2.28. The number of rotatable bonds is 2. The molecule has 0 bridgehead atoms. The first-order chi connectivity index (χ1) is 5.90. The average molecular weight is 208 g/mol. The Balaban J connectivity index is 2.62. The van der Waals surface area contributed by atoms with E-state index < -0.39 is 21.8 Å². The maximum Gasteiger partial charge on any atom is 0.288 e. The van der Waals surface area contributed by atoms with Crippen molar-refractivity contribution in [2.24, 2.45) is 10.3 Å². The van der Waals surface area contributed by atoms with Gasteiger partial charge in [-0.05, 0) is 0 Å². The summed E-state index contributed by atoms with van der Waals surface area (Å²) in [5.41, 5.74) is 0. The van der Waals surface area contributed by atoms with Crippen LogP contribution in [0.15, 0.2) is 4.36 Å². The number of carbonyl (C=O) groups is 1. The Morgan fingerprint density at radius 3 is 2.46 bits per heavy atom. The van der Waals surface area contributed by atoms with E-state index in [1.807, 2.05) is 0 Å². The summed E-state index contributed by atoms with van der Waals surface area (Å²) < 4.78 is 27.5. The first kappa shape index (κ1) is 10.6. The van der Waals surface area contributed by atoms with Crippen molar-refractivity contribution in [2.75, 3.05) is 25.6 Å². The smallest absolute Gasteiger partial charge is 0.288 e. The summed E-state index contributed by atoms with van der Waals surface area (Å²) in [5.74, 6) is -1.18. The second kappa shape index (κ2) is 3.71. The zero-order chi connectivity index (χ0) is 10.1. The van der Waals surface area contributed by atoms with E-state index in [9.17, 15) is 13.4 Å². The molecule has 4 nitrogen and oxygen atoms in total. The third kappa shape index (κ3) is 3.04. The van der Waals surface area contributed by atoms with Crippen LogP contribution in [-0.2, 0) is 14.5 Å². The predicted octanol–water partition coefficient (Wildman–Crippen LogP) is -0.202. The highest BCUT2D eigenvalue weighted by atomic mass is 32.2. The van der Waals surface area contributed by atoms with Crippen LogP contribution in [0.1, 0.15) is 0 Å². The molecule has 0 aromatic rings. The van der Waals surface area contributed by atoms with Crippen LogP contribution < -0.4 is 5.32 Å². The second-order valence-electron chi connectivity index (χ2n) is 3.43. The number of hydrogen-bond donors (Lipinski definition) is 1. The minimum absolute atomic E-state index is 0.294. The van der Waals surface area contributed by atoms with E-state index >= 15 is 0 Å². The lowest BCUT2D eigenvalue weighted by atomic mass is 9.97. The largest absolute Gasteiger partial charge is 0.316 e. The third-order valence-corrected chi connectivity index (χ3v) is 2.39. The van der Waals surface area contributed by atoms with Crippen LogP contribution in [0.2, 0.25) is 0 Å². The average Bonchev–Trinajstić information content (AvgIpc) is 1.78. The fourth-order valence-corrected chi connectivity index (χ4v) is 1.52. The molecule has 0 spiro atoms. The predicted molar refractivity (Wildman–Crippen MR) is 48.7 cm³/mol. The number of nitrogens with zero attached hydrogens (tertiary/aromatic N) is 1. The Kier molecular flexibility index (Phi) is 3.02. The highest BCUT2D eigenvalue weighted by Gasteiger charge is 2.32. The molecule has 1 amide bonds. The Hall–Kier alpha value is -0.490. The topological polar surface area (TPSA) is 58.5 Å². The molecule has 0 saturated carbocycles. The lowest BCUT2D eigenvalue weighted by molar-refractivity contribution is -0.124. The summed E-state index contributed by atoms with van der Waals surface area (Å²) >= 11 is 0. The van der Waals surface area contributed by atoms with Gasteiger partial charge in [0.15, 0.2) is 6.17 Å². The molecule has 1 aliphatic heterocycles. The molecule has 1 aliphatic rings. The van der Waals surface area contributed by atoms with Gasteiger partial charge in [-0.1, -0.05) is 0 Å². The Labute approximate surface area is 77.1 Å². The van der Waals surface area contributed by atoms with E-state index in [0.29, 0.717) is 13.1 Å². The van der Waals surface area contributed by atoms with Crippen LogP contribution in [0, 0.1) is 5.92 Å². The zero-order valence-corrected chi connectivity index (χ0v) is 8.44. The lowest BCUT2D eigenvalue weighted by Crippen LogP contribution is -2.49. The SMILES string of the molecule is CS(C)(=O)=NC(=O)C(F)C1CNC1. The van der Waals surface area contributed by atoms with Crippen molar-refractivity contribution < 1.29 is 13.4 Å². The molecular weight excluding hydrogens is 195 g/mol. The third-order valence-electron chi connectivity index (χ3n) is 1.77. The number of alkyl halides is 1. The molecule has 0 aliphatic carbocycles. The van der Waals surface area contributed by atoms with Crippen LogP contribution in [0.25, 0.3) is 0 Å². The van der Waals surface area contributed by atoms with Crippen LogP contribution in [-0.4, -0.2) is 41.9 Å². The van der Waals surface area contributed by atoms with Gasteiger partial charge in [0.05, 0.1) is 0 Å². The molecule has 1 rings (SSSR count). The number of amides is 1. The fourth-order valence-electron chi connectivity index (χ4n) is 0.987. The maximum atomic E-state index is 13.2. The number of nitrogens with one attached hydrogen (secondary N) is 1. The minimum Gasteiger partial charge on any atom is -0.316 e. The molecule has 1 N–H and O–H groups in total. The summed E-state index contributed by atoms with van der Waals surface area (Å²) in [7, 11) is -2.52. The second-order valence-corrected chi connectivity index (χ2v) is 5.98. The summed E-state index contributed by atoms with van der Waals surface area (Å²) in [6, 6.07) is 0. The van der Waals surface area contributed by atoms with Gasteiger partial charge in [0.25, 0.3) is 5.91 Å². The molecule has 1 unspecified atom stereocenters. The van der Waals surface area contributed by atoms with Crippen LogP contribution in [0.5, 0.6) is 0 Å². The fraction of sp³-hybridized carbons (Fsp3) is 0.857. The van der Waals surface area contributed by atoms with Crippen molar-refractivity contribution >= 4 is 15.6 Å². The number of halogens is 1. The van der Waals surface area contributed by atoms with E-state index in [2.05, 4.69) is 9.68 Å². The van der Waals surface area contributed by atoms with Gasteiger partial charge < -0.3 is 5.32 Å². The van der Waals surface area contributed by atoms with Gasteiger partial charge in [-0.15, -0.1) is 0 Å². The molecule has 1 fully saturated rings. The molecule has 1 atom stereocenters. The molecule has 1 heterocycles. The molecule has 0 radical (unpaired) electrons. The zero-order valence-electron chi connectivity index (χ0n) is 7.62. The Morgan fingerprint density at radius 1 is 1.62 bits per heavy atom. The molecule has 13 heavy (non-hydrogen) atoms. The van der Waals surface area contributed by atoms with E-state index in [1.165, 1.54) is 12.5 Å². The van der Waals surface area contributed by atoms with Crippen molar-refractivity contribution in [1.82, 2.24) is 5.32 Å².